The van der Waals surface area contributed by atoms with E-state index in [-0.39, 0.29) is 18.4 Å². The molecule has 0 unspecified atom stereocenters. The number of hydrogen-bond acceptors (Lipinski definition) is 1. The summed E-state index contributed by atoms with van der Waals surface area (Å²) < 4.78 is 0. The van der Waals surface area contributed by atoms with Crippen LogP contribution in [0.25, 0.3) is 11.1 Å². The van der Waals surface area contributed by atoms with Crippen LogP contribution in [0, 0.1) is 5.92 Å². The third-order valence-electron chi connectivity index (χ3n) is 3.71. The van der Waals surface area contributed by atoms with E-state index in [4.69, 9.17) is 5.73 Å². The lowest BCUT2D eigenvalue weighted by molar-refractivity contribution is 0.597. The first-order valence-electron chi connectivity index (χ1n) is 6.74. The van der Waals surface area contributed by atoms with Crippen LogP contribution in [0.15, 0.2) is 54.6 Å². The van der Waals surface area contributed by atoms with E-state index in [1.54, 1.807) is 0 Å². The Morgan fingerprint density at radius 3 is 2.32 bits per heavy atom. The van der Waals surface area contributed by atoms with Gasteiger partial charge in [0, 0.05) is 6.04 Å². The number of hydrogen-bond donors (Lipinski definition) is 1. The van der Waals surface area contributed by atoms with Gasteiger partial charge < -0.3 is 5.73 Å². The third-order valence-corrected chi connectivity index (χ3v) is 3.71. The molecular weight excluding hydrogens is 254 g/mol. The van der Waals surface area contributed by atoms with Gasteiger partial charge in [-0.2, -0.15) is 0 Å². The van der Waals surface area contributed by atoms with Crippen LogP contribution < -0.4 is 5.73 Å². The van der Waals surface area contributed by atoms with Crippen molar-refractivity contribution in [3.05, 3.63) is 60.2 Å². The minimum absolute atomic E-state index is 0. The van der Waals surface area contributed by atoms with Crippen LogP contribution in [-0.4, -0.2) is 0 Å². The minimum atomic E-state index is 0. The van der Waals surface area contributed by atoms with Gasteiger partial charge >= 0.3 is 0 Å². The fourth-order valence-corrected chi connectivity index (χ4v) is 2.43. The Morgan fingerprint density at radius 1 is 0.947 bits per heavy atom. The van der Waals surface area contributed by atoms with Crippen LogP contribution in [0.1, 0.15) is 30.9 Å². The van der Waals surface area contributed by atoms with E-state index in [0.717, 1.165) is 12.3 Å². The topological polar surface area (TPSA) is 26.0 Å². The van der Waals surface area contributed by atoms with Crippen molar-refractivity contribution in [2.24, 2.45) is 11.7 Å². The van der Waals surface area contributed by atoms with Crippen LogP contribution in [-0.2, 0) is 0 Å². The molecule has 1 saturated carbocycles. The second-order valence-electron chi connectivity index (χ2n) is 5.28. The molecular formula is C17H20ClN. The monoisotopic (exact) mass is 273 g/mol. The van der Waals surface area contributed by atoms with E-state index in [1.165, 1.54) is 29.5 Å². The maximum atomic E-state index is 6.28. The molecule has 0 aromatic heterocycles. The zero-order chi connectivity index (χ0) is 12.4. The van der Waals surface area contributed by atoms with Gasteiger partial charge in [-0.25, -0.2) is 0 Å². The quantitative estimate of drug-likeness (QED) is 0.867. The first kappa shape index (κ1) is 14.1. The molecule has 2 heteroatoms. The van der Waals surface area contributed by atoms with Crippen molar-refractivity contribution >= 4 is 12.4 Å². The summed E-state index contributed by atoms with van der Waals surface area (Å²) in [6, 6.07) is 19.3. The van der Waals surface area contributed by atoms with Crippen LogP contribution in [0.2, 0.25) is 0 Å². The number of benzene rings is 2. The summed E-state index contributed by atoms with van der Waals surface area (Å²) >= 11 is 0. The SMILES string of the molecule is Cl.N[C@@H](CC1CC1)c1cccc(-c2ccccc2)c1. The highest BCUT2D eigenvalue weighted by Crippen LogP contribution is 2.37. The van der Waals surface area contributed by atoms with E-state index in [1.807, 2.05) is 6.07 Å². The van der Waals surface area contributed by atoms with E-state index >= 15 is 0 Å². The number of halogens is 1. The van der Waals surface area contributed by atoms with E-state index in [0.29, 0.717) is 0 Å². The summed E-state index contributed by atoms with van der Waals surface area (Å²) in [6.45, 7) is 0. The summed E-state index contributed by atoms with van der Waals surface area (Å²) in [4.78, 5) is 0. The Balaban J connectivity index is 0.00000133. The summed E-state index contributed by atoms with van der Waals surface area (Å²) in [6.07, 6.45) is 3.87. The molecule has 0 radical (unpaired) electrons. The lowest BCUT2D eigenvalue weighted by Crippen LogP contribution is -2.10. The van der Waals surface area contributed by atoms with Crippen LogP contribution in [0.5, 0.6) is 0 Å². The van der Waals surface area contributed by atoms with Crippen molar-refractivity contribution in [1.82, 2.24) is 0 Å². The van der Waals surface area contributed by atoms with Gasteiger partial charge in [-0.1, -0.05) is 61.4 Å². The van der Waals surface area contributed by atoms with Crippen molar-refractivity contribution in [2.75, 3.05) is 0 Å². The van der Waals surface area contributed by atoms with Crippen LogP contribution >= 0.6 is 12.4 Å². The van der Waals surface area contributed by atoms with Gasteiger partial charge in [-0.15, -0.1) is 12.4 Å². The van der Waals surface area contributed by atoms with Crippen molar-refractivity contribution in [1.29, 1.82) is 0 Å². The second kappa shape index (κ2) is 6.23. The molecule has 2 aromatic rings. The molecule has 0 saturated heterocycles. The van der Waals surface area contributed by atoms with Crippen LogP contribution in [0.3, 0.4) is 0 Å². The van der Waals surface area contributed by atoms with Gasteiger partial charge in [0.1, 0.15) is 0 Å². The Hall–Kier alpha value is -1.31. The molecule has 3 rings (SSSR count). The second-order valence-corrected chi connectivity index (χ2v) is 5.28. The summed E-state index contributed by atoms with van der Waals surface area (Å²) in [5, 5.41) is 0. The van der Waals surface area contributed by atoms with Crippen molar-refractivity contribution in [3.63, 3.8) is 0 Å². The van der Waals surface area contributed by atoms with Crippen molar-refractivity contribution < 1.29 is 0 Å². The Kier molecular flexibility index (Phi) is 4.62. The molecule has 0 bridgehead atoms. The van der Waals surface area contributed by atoms with Crippen molar-refractivity contribution in [2.45, 2.75) is 25.3 Å². The molecule has 100 valence electrons. The van der Waals surface area contributed by atoms with Gasteiger partial charge in [0.25, 0.3) is 0 Å². The maximum Gasteiger partial charge on any atom is 0.0297 e. The highest BCUT2D eigenvalue weighted by atomic mass is 35.5. The molecule has 1 nitrogen and oxygen atoms in total. The van der Waals surface area contributed by atoms with Crippen LogP contribution in [0.4, 0.5) is 0 Å². The molecule has 19 heavy (non-hydrogen) atoms. The fourth-order valence-electron chi connectivity index (χ4n) is 2.43. The predicted octanol–water partition coefficient (Wildman–Crippen LogP) is 4.58. The first-order valence-corrected chi connectivity index (χ1v) is 6.74. The third kappa shape index (κ3) is 3.59. The molecule has 0 aliphatic heterocycles. The molecule has 2 aromatic carbocycles. The molecule has 2 N–H and O–H groups in total. The number of rotatable bonds is 4. The standard InChI is InChI=1S/C17H19N.ClH/c18-17(11-13-9-10-13)16-8-4-7-15(12-16)14-5-2-1-3-6-14;/h1-8,12-13,17H,9-11,18H2;1H/t17-;/m0./s1. The lowest BCUT2D eigenvalue weighted by Gasteiger charge is -2.13. The normalized spacial score (nSPS) is 15.6. The predicted molar refractivity (Wildman–Crippen MR) is 83.4 cm³/mol. The maximum absolute atomic E-state index is 6.28. The number of nitrogens with two attached hydrogens (primary N) is 1. The fraction of sp³-hybridized carbons (Fsp3) is 0.294. The summed E-state index contributed by atoms with van der Waals surface area (Å²) in [7, 11) is 0. The minimum Gasteiger partial charge on any atom is -0.324 e. The highest BCUT2D eigenvalue weighted by molar-refractivity contribution is 5.85. The van der Waals surface area contributed by atoms with Gasteiger partial charge in [0.15, 0.2) is 0 Å². The van der Waals surface area contributed by atoms with E-state index < -0.39 is 0 Å². The Bertz CT molecular complexity index is 520. The van der Waals surface area contributed by atoms with Gasteiger partial charge in [0.2, 0.25) is 0 Å². The average Bonchev–Trinajstić information content (AvgIpc) is 3.24. The van der Waals surface area contributed by atoms with Gasteiger partial charge in [-0.05, 0) is 35.1 Å². The molecule has 0 heterocycles. The zero-order valence-electron chi connectivity index (χ0n) is 11.0. The molecule has 0 amide bonds. The highest BCUT2D eigenvalue weighted by Gasteiger charge is 2.24. The Labute approximate surface area is 121 Å². The molecule has 1 aliphatic carbocycles. The molecule has 1 fully saturated rings. The van der Waals surface area contributed by atoms with Gasteiger partial charge in [-0.3, -0.25) is 0 Å². The molecule has 1 aliphatic rings. The summed E-state index contributed by atoms with van der Waals surface area (Å²) in [5.41, 5.74) is 10.1. The summed E-state index contributed by atoms with van der Waals surface area (Å²) in [5.74, 6) is 0.875. The lowest BCUT2D eigenvalue weighted by atomic mass is 9.97. The van der Waals surface area contributed by atoms with E-state index in [2.05, 4.69) is 48.5 Å². The molecule has 0 spiro atoms. The van der Waals surface area contributed by atoms with Crippen molar-refractivity contribution in [3.8, 4) is 11.1 Å². The van der Waals surface area contributed by atoms with Gasteiger partial charge in [0.05, 0.1) is 0 Å². The molecule has 1 atom stereocenters. The first-order chi connectivity index (χ1) is 8.83. The zero-order valence-corrected chi connectivity index (χ0v) is 11.8. The largest absolute Gasteiger partial charge is 0.324 e. The van der Waals surface area contributed by atoms with E-state index in [9.17, 15) is 0 Å². The average molecular weight is 274 g/mol. The Morgan fingerprint density at radius 2 is 1.63 bits per heavy atom. The smallest absolute Gasteiger partial charge is 0.0297 e.